The SMILES string of the molecule is CC/C=C\C/C=C\C/C=C\C/C=C\CCCCCCC(=O)OCC(COC1OC(C(=O)O)C(O)C(O)C1OC(=O)CCCCCCCCCCC/C=C\C/C=C\CCCCC)OC(=O)CCCCC/C=C\C/C=C\C/C=C\CC. The summed E-state index contributed by atoms with van der Waals surface area (Å²) in [5.74, 6) is -3.21. The molecule has 1 heterocycles. The molecule has 1 fully saturated rings. The summed E-state index contributed by atoms with van der Waals surface area (Å²) in [5.41, 5.74) is 0. The van der Waals surface area contributed by atoms with E-state index in [1.54, 1.807) is 0 Å². The number of carboxylic acid groups (broad SMARTS) is 1. The van der Waals surface area contributed by atoms with E-state index in [-0.39, 0.29) is 25.9 Å². The molecule has 0 amide bonds. The molecule has 0 aromatic heterocycles. The van der Waals surface area contributed by atoms with Crippen molar-refractivity contribution < 1.29 is 58.2 Å². The second kappa shape index (κ2) is 54.0. The minimum absolute atomic E-state index is 0.0445. The number of carboxylic acids is 1. The molecule has 1 aliphatic rings. The predicted molar refractivity (Wildman–Crippen MR) is 321 cm³/mol. The van der Waals surface area contributed by atoms with Crippen LogP contribution in [0.25, 0.3) is 0 Å². The van der Waals surface area contributed by atoms with Crippen molar-refractivity contribution in [1.29, 1.82) is 0 Å². The minimum atomic E-state index is -1.92. The van der Waals surface area contributed by atoms with Crippen LogP contribution in [0.15, 0.2) is 109 Å². The first-order chi connectivity index (χ1) is 38.6. The Bertz CT molecular complexity index is 1790. The maximum absolute atomic E-state index is 13.1. The van der Waals surface area contributed by atoms with E-state index < -0.39 is 67.3 Å². The highest BCUT2D eigenvalue weighted by Gasteiger charge is 2.50. The van der Waals surface area contributed by atoms with Gasteiger partial charge in [-0.3, -0.25) is 14.4 Å². The first kappa shape index (κ1) is 72.4. The number of aliphatic hydroxyl groups excluding tert-OH is 2. The fourth-order valence-corrected chi connectivity index (χ4v) is 8.64. The van der Waals surface area contributed by atoms with Gasteiger partial charge in [-0.2, -0.15) is 0 Å². The average molecular weight is 1110 g/mol. The van der Waals surface area contributed by atoms with Gasteiger partial charge in [0, 0.05) is 19.3 Å². The molecule has 0 bridgehead atoms. The summed E-state index contributed by atoms with van der Waals surface area (Å²) in [6.07, 6.45) is 60.5. The Morgan fingerprint density at radius 2 is 0.797 bits per heavy atom. The van der Waals surface area contributed by atoms with E-state index in [2.05, 4.69) is 130 Å². The topological polar surface area (TPSA) is 175 Å². The molecule has 0 aliphatic carbocycles. The second-order valence-electron chi connectivity index (χ2n) is 20.6. The van der Waals surface area contributed by atoms with Gasteiger partial charge < -0.3 is 39.0 Å². The summed E-state index contributed by atoms with van der Waals surface area (Å²) >= 11 is 0. The van der Waals surface area contributed by atoms with Gasteiger partial charge in [0.1, 0.15) is 18.8 Å². The molecule has 12 heteroatoms. The number of unbranched alkanes of at least 4 members (excludes halogenated alkanes) is 19. The van der Waals surface area contributed by atoms with E-state index in [4.69, 9.17) is 23.7 Å². The molecular weight excluding hydrogens is 997 g/mol. The third-order valence-electron chi connectivity index (χ3n) is 13.3. The van der Waals surface area contributed by atoms with E-state index in [1.807, 2.05) is 0 Å². The molecule has 448 valence electrons. The van der Waals surface area contributed by atoms with E-state index >= 15 is 0 Å². The molecule has 1 rings (SSSR count). The first-order valence-corrected chi connectivity index (χ1v) is 30.9. The molecule has 0 radical (unpaired) electrons. The molecule has 0 spiro atoms. The molecule has 79 heavy (non-hydrogen) atoms. The molecule has 3 N–H and O–H groups in total. The Balaban J connectivity index is 2.69. The predicted octanol–water partition coefficient (Wildman–Crippen LogP) is 16.2. The monoisotopic (exact) mass is 1100 g/mol. The Kier molecular flexibility index (Phi) is 49.5. The number of ether oxygens (including phenoxy) is 5. The van der Waals surface area contributed by atoms with Gasteiger partial charge in [0.15, 0.2) is 24.6 Å². The molecule has 1 saturated heterocycles. The van der Waals surface area contributed by atoms with E-state index in [9.17, 15) is 34.5 Å². The van der Waals surface area contributed by atoms with E-state index in [1.165, 1.54) is 51.4 Å². The number of aliphatic carboxylic acids is 1. The summed E-state index contributed by atoms with van der Waals surface area (Å²) in [7, 11) is 0. The highest BCUT2D eigenvalue weighted by Crippen LogP contribution is 2.26. The number of aliphatic hydroxyl groups is 2. The smallest absolute Gasteiger partial charge is 0.335 e. The van der Waals surface area contributed by atoms with Crippen molar-refractivity contribution in [2.45, 2.75) is 276 Å². The van der Waals surface area contributed by atoms with Gasteiger partial charge in [-0.15, -0.1) is 0 Å². The number of hydrogen-bond acceptors (Lipinski definition) is 11. The van der Waals surface area contributed by atoms with Gasteiger partial charge in [0.25, 0.3) is 0 Å². The Labute approximate surface area is 478 Å². The van der Waals surface area contributed by atoms with Gasteiger partial charge >= 0.3 is 23.9 Å². The zero-order chi connectivity index (χ0) is 57.5. The maximum Gasteiger partial charge on any atom is 0.335 e. The molecule has 1 aliphatic heterocycles. The average Bonchev–Trinajstić information content (AvgIpc) is 3.47. The highest BCUT2D eigenvalue weighted by molar-refractivity contribution is 5.74. The zero-order valence-corrected chi connectivity index (χ0v) is 49.3. The lowest BCUT2D eigenvalue weighted by molar-refractivity contribution is -0.301. The summed E-state index contributed by atoms with van der Waals surface area (Å²) in [6.45, 7) is 5.69. The lowest BCUT2D eigenvalue weighted by Crippen LogP contribution is -2.61. The number of esters is 3. The molecule has 0 aromatic carbocycles. The summed E-state index contributed by atoms with van der Waals surface area (Å²) in [5, 5.41) is 31.5. The van der Waals surface area contributed by atoms with Crippen LogP contribution in [-0.2, 0) is 42.9 Å². The van der Waals surface area contributed by atoms with Crippen molar-refractivity contribution >= 4 is 23.9 Å². The first-order valence-electron chi connectivity index (χ1n) is 30.9. The summed E-state index contributed by atoms with van der Waals surface area (Å²) in [6, 6.07) is 0. The highest BCUT2D eigenvalue weighted by atomic mass is 16.7. The maximum atomic E-state index is 13.1. The lowest BCUT2D eigenvalue weighted by Gasteiger charge is -2.40. The van der Waals surface area contributed by atoms with Crippen molar-refractivity contribution in [3.05, 3.63) is 109 Å². The van der Waals surface area contributed by atoms with Crippen molar-refractivity contribution in [3.63, 3.8) is 0 Å². The second-order valence-corrected chi connectivity index (χ2v) is 20.6. The molecule has 6 atom stereocenters. The molecular formula is C67H108O12. The number of hydrogen-bond donors (Lipinski definition) is 3. The number of carbonyl (C=O) groups excluding carboxylic acids is 3. The van der Waals surface area contributed by atoms with Crippen LogP contribution in [0.3, 0.4) is 0 Å². The standard InChI is InChI=1S/C67H108O12/c1-4-7-10-13-16-19-22-25-27-29-30-32-34-37-40-43-46-49-52-55-61(70)78-65-63(72)62(71)64(66(73)74)79-67(65)76-57-58(77-60(69)54-51-48-45-42-39-35-24-21-18-15-12-9-6-3)56-75-59(68)53-50-47-44-41-38-36-33-31-28-26-23-20-17-14-11-8-5-2/h8-9,11-12,16-21,25-28,33,35-36,39,58,62-65,67,71-72H,4-7,10,13-15,22-24,29-32,34,37-38,40-57H2,1-3H3,(H,73,74)/b11-8-,12-9-,19-16-,20-17-,21-18-,27-25-,28-26-,36-33-,39-35-. The number of rotatable bonds is 51. The number of carbonyl (C=O) groups is 4. The Morgan fingerprint density at radius 1 is 0.430 bits per heavy atom. The van der Waals surface area contributed by atoms with Crippen LogP contribution >= 0.6 is 0 Å². The van der Waals surface area contributed by atoms with Gasteiger partial charge in [0.2, 0.25) is 0 Å². The molecule has 6 unspecified atom stereocenters. The summed E-state index contributed by atoms with van der Waals surface area (Å²) < 4.78 is 28.4. The van der Waals surface area contributed by atoms with Crippen LogP contribution in [0.4, 0.5) is 0 Å². The molecule has 12 nitrogen and oxygen atoms in total. The van der Waals surface area contributed by atoms with Gasteiger partial charge in [-0.25, -0.2) is 4.79 Å². The quantitative estimate of drug-likeness (QED) is 0.0228. The van der Waals surface area contributed by atoms with Crippen molar-refractivity contribution in [2.24, 2.45) is 0 Å². The van der Waals surface area contributed by atoms with Crippen LogP contribution in [0.5, 0.6) is 0 Å². The van der Waals surface area contributed by atoms with Gasteiger partial charge in [0.05, 0.1) is 6.61 Å². The van der Waals surface area contributed by atoms with E-state index in [0.29, 0.717) is 19.3 Å². The van der Waals surface area contributed by atoms with Crippen LogP contribution in [-0.4, -0.2) is 89.2 Å². The zero-order valence-electron chi connectivity index (χ0n) is 49.3. The fraction of sp³-hybridized carbons (Fsp3) is 0.672. The minimum Gasteiger partial charge on any atom is -0.479 e. The Morgan fingerprint density at radius 3 is 1.23 bits per heavy atom. The largest absolute Gasteiger partial charge is 0.479 e. The van der Waals surface area contributed by atoms with E-state index in [0.717, 1.165) is 128 Å². The van der Waals surface area contributed by atoms with Gasteiger partial charge in [-0.05, 0) is 122 Å². The summed E-state index contributed by atoms with van der Waals surface area (Å²) in [4.78, 5) is 51.2. The van der Waals surface area contributed by atoms with Crippen molar-refractivity contribution in [2.75, 3.05) is 13.2 Å². The van der Waals surface area contributed by atoms with Crippen molar-refractivity contribution in [3.8, 4) is 0 Å². The fourth-order valence-electron chi connectivity index (χ4n) is 8.64. The van der Waals surface area contributed by atoms with Crippen LogP contribution in [0, 0.1) is 0 Å². The van der Waals surface area contributed by atoms with Crippen LogP contribution < -0.4 is 0 Å². The molecule has 0 saturated carbocycles. The third-order valence-corrected chi connectivity index (χ3v) is 13.3. The van der Waals surface area contributed by atoms with Crippen LogP contribution in [0.1, 0.15) is 239 Å². The normalized spacial score (nSPS) is 18.6. The number of allylic oxidation sites excluding steroid dienone is 18. The van der Waals surface area contributed by atoms with Gasteiger partial charge in [-0.1, -0.05) is 207 Å². The van der Waals surface area contributed by atoms with Crippen LogP contribution in [0.2, 0.25) is 0 Å². The van der Waals surface area contributed by atoms with Crippen molar-refractivity contribution in [1.82, 2.24) is 0 Å². The lowest BCUT2D eigenvalue weighted by atomic mass is 9.98. The Hall–Kier alpha value is -4.62. The molecule has 0 aromatic rings. The third kappa shape index (κ3) is 43.8.